The molecule has 1 atom stereocenters. The molecule has 0 fully saturated rings. The normalized spacial score (nSPS) is 12.8. The predicted molar refractivity (Wildman–Crippen MR) is 58.4 cm³/mol. The van der Waals surface area contributed by atoms with Crippen LogP contribution < -0.4 is 11.1 Å². The average molecular weight is 226 g/mol. The number of nitrogens with one attached hydrogen (secondary N) is 1. The van der Waals surface area contributed by atoms with Gasteiger partial charge in [-0.1, -0.05) is 19.0 Å². The van der Waals surface area contributed by atoms with Crippen LogP contribution in [0.4, 0.5) is 0 Å². The molecule has 0 aliphatic rings. The molecule has 16 heavy (non-hydrogen) atoms. The van der Waals surface area contributed by atoms with Crippen molar-refractivity contribution in [1.29, 1.82) is 0 Å². The predicted octanol–water partition coefficient (Wildman–Crippen LogP) is 0.102. The summed E-state index contributed by atoms with van der Waals surface area (Å²) in [6, 6.07) is -0.440. The Morgan fingerprint density at radius 1 is 1.62 bits per heavy atom. The lowest BCUT2D eigenvalue weighted by Crippen LogP contribution is -2.42. The largest absolute Gasteiger partial charge is 0.354 e. The van der Waals surface area contributed by atoms with E-state index in [0.717, 1.165) is 0 Å². The number of amides is 1. The van der Waals surface area contributed by atoms with Crippen molar-refractivity contribution in [3.05, 3.63) is 12.2 Å². The minimum absolute atomic E-state index is 0.128. The highest BCUT2D eigenvalue weighted by atomic mass is 16.5. The summed E-state index contributed by atoms with van der Waals surface area (Å²) < 4.78 is 4.57. The Kier molecular flexibility index (Phi) is 4.91. The van der Waals surface area contributed by atoms with Crippen molar-refractivity contribution < 1.29 is 9.32 Å². The number of rotatable bonds is 6. The van der Waals surface area contributed by atoms with Gasteiger partial charge in [-0.2, -0.15) is 4.98 Å². The molecule has 0 saturated carbocycles. The van der Waals surface area contributed by atoms with E-state index >= 15 is 0 Å². The number of hydrogen-bond donors (Lipinski definition) is 2. The summed E-state index contributed by atoms with van der Waals surface area (Å²) in [7, 11) is 0. The lowest BCUT2D eigenvalue weighted by molar-refractivity contribution is -0.122. The van der Waals surface area contributed by atoms with E-state index in [0.29, 0.717) is 31.1 Å². The van der Waals surface area contributed by atoms with Crippen molar-refractivity contribution in [1.82, 2.24) is 15.5 Å². The fraction of sp³-hybridized carbons (Fsp3) is 0.700. The number of nitrogens with two attached hydrogens (primary N) is 1. The first kappa shape index (κ1) is 12.6. The molecule has 6 heteroatoms. The van der Waals surface area contributed by atoms with Crippen LogP contribution in [-0.4, -0.2) is 28.6 Å². The zero-order valence-corrected chi connectivity index (χ0v) is 9.64. The van der Waals surface area contributed by atoms with Crippen LogP contribution in [-0.2, 0) is 11.2 Å². The molecule has 3 N–H and O–H groups in total. The maximum absolute atomic E-state index is 11.5. The summed E-state index contributed by atoms with van der Waals surface area (Å²) in [5.41, 5.74) is 5.72. The molecule has 0 saturated heterocycles. The first-order valence-electron chi connectivity index (χ1n) is 5.38. The average Bonchev–Trinajstić information content (AvgIpc) is 2.69. The number of carbonyl (C=O) groups is 1. The second-order valence-corrected chi connectivity index (χ2v) is 4.12. The first-order valence-corrected chi connectivity index (χ1v) is 5.38. The van der Waals surface area contributed by atoms with Crippen LogP contribution in [0.2, 0.25) is 0 Å². The van der Waals surface area contributed by atoms with Crippen molar-refractivity contribution in [2.45, 2.75) is 32.7 Å². The van der Waals surface area contributed by atoms with Crippen LogP contribution in [0.5, 0.6) is 0 Å². The summed E-state index contributed by atoms with van der Waals surface area (Å²) in [5.74, 6) is 0.868. The molecule has 0 aliphatic heterocycles. The highest BCUT2D eigenvalue weighted by Crippen LogP contribution is 2.02. The van der Waals surface area contributed by atoms with Gasteiger partial charge in [0.1, 0.15) is 0 Å². The topological polar surface area (TPSA) is 94.0 Å². The lowest BCUT2D eigenvalue weighted by Gasteiger charge is -2.13. The molecule has 1 aromatic rings. The van der Waals surface area contributed by atoms with Crippen LogP contribution in [0, 0.1) is 5.92 Å². The number of aromatic nitrogens is 2. The Morgan fingerprint density at radius 3 is 2.94 bits per heavy atom. The van der Waals surface area contributed by atoms with Gasteiger partial charge in [-0.15, -0.1) is 0 Å². The third kappa shape index (κ3) is 4.39. The van der Waals surface area contributed by atoms with Crippen molar-refractivity contribution >= 4 is 5.91 Å². The number of nitrogens with zero attached hydrogens (tertiary/aromatic N) is 2. The maximum atomic E-state index is 11.5. The van der Waals surface area contributed by atoms with E-state index in [-0.39, 0.29) is 5.91 Å². The van der Waals surface area contributed by atoms with Crippen LogP contribution in [0.3, 0.4) is 0 Å². The van der Waals surface area contributed by atoms with Crippen molar-refractivity contribution in [3.63, 3.8) is 0 Å². The molecule has 0 bridgehead atoms. The molecule has 0 radical (unpaired) electrons. The third-order valence-corrected chi connectivity index (χ3v) is 2.12. The van der Waals surface area contributed by atoms with Gasteiger partial charge in [0.25, 0.3) is 0 Å². The smallest absolute Gasteiger partial charge is 0.236 e. The molecular formula is C10H18N4O2. The standard InChI is InChI=1S/C10H18N4O2/c1-7(2)5-8(11)10(15)12-4-3-9-13-6-16-14-9/h6-8H,3-5,11H2,1-2H3,(H,12,15)/t8-/m1/s1. The molecular weight excluding hydrogens is 208 g/mol. The van der Waals surface area contributed by atoms with E-state index in [4.69, 9.17) is 5.73 Å². The quantitative estimate of drug-likeness (QED) is 0.717. The van der Waals surface area contributed by atoms with Gasteiger partial charge in [-0.05, 0) is 12.3 Å². The first-order chi connectivity index (χ1) is 7.59. The van der Waals surface area contributed by atoms with E-state index in [1.54, 1.807) is 0 Å². The number of hydrogen-bond acceptors (Lipinski definition) is 5. The van der Waals surface area contributed by atoms with Crippen molar-refractivity contribution in [2.75, 3.05) is 6.54 Å². The fourth-order valence-electron chi connectivity index (χ4n) is 1.35. The van der Waals surface area contributed by atoms with E-state index in [9.17, 15) is 4.79 Å². The third-order valence-electron chi connectivity index (χ3n) is 2.12. The van der Waals surface area contributed by atoms with Gasteiger partial charge in [0.05, 0.1) is 6.04 Å². The molecule has 1 rings (SSSR count). The van der Waals surface area contributed by atoms with E-state index in [1.165, 1.54) is 6.39 Å². The molecule has 90 valence electrons. The zero-order valence-electron chi connectivity index (χ0n) is 9.64. The molecule has 6 nitrogen and oxygen atoms in total. The lowest BCUT2D eigenvalue weighted by atomic mass is 10.0. The van der Waals surface area contributed by atoms with Gasteiger partial charge in [0.2, 0.25) is 12.3 Å². The van der Waals surface area contributed by atoms with E-state index in [1.807, 2.05) is 13.8 Å². The van der Waals surface area contributed by atoms with Gasteiger partial charge in [0, 0.05) is 13.0 Å². The number of carbonyl (C=O) groups excluding carboxylic acids is 1. The summed E-state index contributed by atoms with van der Waals surface area (Å²) in [6.45, 7) is 4.54. The van der Waals surface area contributed by atoms with E-state index < -0.39 is 6.04 Å². The minimum Gasteiger partial charge on any atom is -0.354 e. The van der Waals surface area contributed by atoms with Crippen LogP contribution >= 0.6 is 0 Å². The summed E-state index contributed by atoms with van der Waals surface area (Å²) >= 11 is 0. The molecule has 0 aliphatic carbocycles. The van der Waals surface area contributed by atoms with Crippen LogP contribution in [0.25, 0.3) is 0 Å². The van der Waals surface area contributed by atoms with E-state index in [2.05, 4.69) is 20.0 Å². The van der Waals surface area contributed by atoms with Gasteiger partial charge < -0.3 is 15.6 Å². The van der Waals surface area contributed by atoms with Gasteiger partial charge in [0.15, 0.2) is 5.82 Å². The van der Waals surface area contributed by atoms with Gasteiger partial charge in [-0.3, -0.25) is 4.79 Å². The molecule has 0 spiro atoms. The Morgan fingerprint density at radius 2 is 2.38 bits per heavy atom. The Hall–Kier alpha value is -1.43. The summed E-state index contributed by atoms with van der Waals surface area (Å²) in [4.78, 5) is 15.4. The molecule has 1 heterocycles. The Balaban J connectivity index is 2.19. The molecule has 0 unspecified atom stereocenters. The second kappa shape index (κ2) is 6.22. The van der Waals surface area contributed by atoms with Crippen molar-refractivity contribution in [2.24, 2.45) is 11.7 Å². The molecule has 1 aromatic heterocycles. The van der Waals surface area contributed by atoms with Crippen LogP contribution in [0.1, 0.15) is 26.1 Å². The van der Waals surface area contributed by atoms with Crippen LogP contribution in [0.15, 0.2) is 10.9 Å². The van der Waals surface area contributed by atoms with Gasteiger partial charge in [-0.25, -0.2) is 0 Å². The monoisotopic (exact) mass is 226 g/mol. The molecule has 0 aromatic carbocycles. The summed E-state index contributed by atoms with van der Waals surface area (Å²) in [6.07, 6.45) is 2.51. The SMILES string of the molecule is CC(C)C[C@@H](N)C(=O)NCCc1ncon1. The van der Waals surface area contributed by atoms with Crippen molar-refractivity contribution in [3.8, 4) is 0 Å². The second-order valence-electron chi connectivity index (χ2n) is 4.12. The van der Waals surface area contributed by atoms with Gasteiger partial charge >= 0.3 is 0 Å². The maximum Gasteiger partial charge on any atom is 0.236 e. The minimum atomic E-state index is -0.440. The highest BCUT2D eigenvalue weighted by molar-refractivity contribution is 5.81. The molecule has 1 amide bonds. The zero-order chi connectivity index (χ0) is 12.0. The Bertz CT molecular complexity index is 311. The summed E-state index contributed by atoms with van der Waals surface area (Å²) in [5, 5.41) is 6.38. The highest BCUT2D eigenvalue weighted by Gasteiger charge is 2.14. The Labute approximate surface area is 94.6 Å². The fourth-order valence-corrected chi connectivity index (χ4v) is 1.35.